The summed E-state index contributed by atoms with van der Waals surface area (Å²) in [6.45, 7) is 0.0395. The molecule has 6 nitrogen and oxygen atoms in total. The van der Waals surface area contributed by atoms with E-state index in [-0.39, 0.29) is 19.6 Å². The number of rotatable bonds is 5. The Morgan fingerprint density at radius 2 is 2.08 bits per heavy atom. The van der Waals surface area contributed by atoms with Crippen molar-refractivity contribution < 1.29 is 19.1 Å². The van der Waals surface area contributed by atoms with Crippen molar-refractivity contribution in [1.29, 1.82) is 0 Å². The Balaban J connectivity index is 3.63. The van der Waals surface area contributed by atoms with Crippen molar-refractivity contribution in [2.75, 3.05) is 20.3 Å². The van der Waals surface area contributed by atoms with Gasteiger partial charge in [-0.15, -0.1) is 0 Å². The number of esters is 2. The Bertz CT molecular complexity index is 183. The van der Waals surface area contributed by atoms with Gasteiger partial charge in [0.25, 0.3) is 0 Å². The molecule has 4 N–H and O–H groups in total. The molecule has 0 saturated heterocycles. The second kappa shape index (κ2) is 6.38. The number of hydrogen-bond donors (Lipinski definition) is 2. The maximum absolute atomic E-state index is 10.7. The summed E-state index contributed by atoms with van der Waals surface area (Å²) in [6.07, 6.45) is 0.119. The summed E-state index contributed by atoms with van der Waals surface area (Å²) in [6, 6.07) is -0.924. The Morgan fingerprint density at radius 1 is 1.46 bits per heavy atom. The zero-order valence-corrected chi connectivity index (χ0v) is 7.49. The highest BCUT2D eigenvalue weighted by atomic mass is 16.5. The lowest BCUT2D eigenvalue weighted by Gasteiger charge is -2.09. The second-order valence-corrected chi connectivity index (χ2v) is 2.35. The van der Waals surface area contributed by atoms with E-state index in [2.05, 4.69) is 9.47 Å². The van der Waals surface area contributed by atoms with Crippen molar-refractivity contribution in [2.24, 2.45) is 11.5 Å². The van der Waals surface area contributed by atoms with Crippen LogP contribution in [-0.2, 0) is 19.1 Å². The molecule has 13 heavy (non-hydrogen) atoms. The molecule has 0 heterocycles. The summed E-state index contributed by atoms with van der Waals surface area (Å²) in [5, 5.41) is 0. The third kappa shape index (κ3) is 5.15. The molecular weight excluding hydrogens is 176 g/mol. The quantitative estimate of drug-likeness (QED) is 0.505. The van der Waals surface area contributed by atoms with Crippen molar-refractivity contribution in [3.05, 3.63) is 0 Å². The van der Waals surface area contributed by atoms with Gasteiger partial charge in [-0.3, -0.25) is 9.59 Å². The van der Waals surface area contributed by atoms with Gasteiger partial charge in [-0.05, 0) is 0 Å². The molecule has 0 fully saturated rings. The first-order chi connectivity index (χ1) is 6.11. The van der Waals surface area contributed by atoms with Crippen LogP contribution in [0.4, 0.5) is 0 Å². The van der Waals surface area contributed by atoms with Gasteiger partial charge in [0.15, 0.2) is 0 Å². The molecule has 0 aromatic carbocycles. The average molecular weight is 190 g/mol. The summed E-state index contributed by atoms with van der Waals surface area (Å²) >= 11 is 0. The standard InChI is InChI=1S/C7H14N2O4/c1-12-7(11)5(9)4-13-6(10)2-3-8/h5H,2-4,8-9H2,1H3/t5-/m0/s1. The summed E-state index contributed by atoms with van der Waals surface area (Å²) in [5.41, 5.74) is 10.4. The van der Waals surface area contributed by atoms with E-state index in [4.69, 9.17) is 11.5 Å². The van der Waals surface area contributed by atoms with Gasteiger partial charge >= 0.3 is 11.9 Å². The SMILES string of the molecule is COC(=O)[C@@H](N)COC(=O)CCN. The van der Waals surface area contributed by atoms with E-state index in [9.17, 15) is 9.59 Å². The third-order valence-corrected chi connectivity index (χ3v) is 1.28. The molecule has 1 atom stereocenters. The van der Waals surface area contributed by atoms with Crippen LogP contribution in [0.3, 0.4) is 0 Å². The highest BCUT2D eigenvalue weighted by molar-refractivity contribution is 5.76. The zero-order valence-electron chi connectivity index (χ0n) is 7.49. The van der Waals surface area contributed by atoms with Crippen LogP contribution < -0.4 is 11.5 Å². The summed E-state index contributed by atoms with van der Waals surface area (Å²) < 4.78 is 8.95. The molecule has 0 aromatic rings. The molecule has 0 rings (SSSR count). The number of methoxy groups -OCH3 is 1. The number of ether oxygens (including phenoxy) is 2. The zero-order chi connectivity index (χ0) is 10.3. The van der Waals surface area contributed by atoms with Crippen LogP contribution in [0.25, 0.3) is 0 Å². The minimum absolute atomic E-state index is 0.119. The smallest absolute Gasteiger partial charge is 0.326 e. The first-order valence-corrected chi connectivity index (χ1v) is 3.81. The monoisotopic (exact) mass is 190 g/mol. The molecule has 0 radical (unpaired) electrons. The fourth-order valence-electron chi connectivity index (χ4n) is 0.592. The fraction of sp³-hybridized carbons (Fsp3) is 0.714. The van der Waals surface area contributed by atoms with Crippen LogP contribution >= 0.6 is 0 Å². The van der Waals surface area contributed by atoms with Gasteiger partial charge < -0.3 is 20.9 Å². The molecule has 0 amide bonds. The van der Waals surface area contributed by atoms with E-state index < -0.39 is 18.0 Å². The lowest BCUT2D eigenvalue weighted by atomic mass is 10.3. The van der Waals surface area contributed by atoms with E-state index >= 15 is 0 Å². The number of carbonyl (C=O) groups is 2. The van der Waals surface area contributed by atoms with Crippen LogP contribution in [0.5, 0.6) is 0 Å². The highest BCUT2D eigenvalue weighted by Crippen LogP contribution is 1.89. The third-order valence-electron chi connectivity index (χ3n) is 1.28. The van der Waals surface area contributed by atoms with Gasteiger partial charge in [0.1, 0.15) is 12.6 Å². The lowest BCUT2D eigenvalue weighted by molar-refractivity contribution is -0.149. The molecule has 0 aliphatic heterocycles. The molecule has 0 aromatic heterocycles. The van der Waals surface area contributed by atoms with Gasteiger partial charge in [-0.2, -0.15) is 0 Å². The maximum Gasteiger partial charge on any atom is 0.326 e. The molecular formula is C7H14N2O4. The molecule has 0 bridgehead atoms. The van der Waals surface area contributed by atoms with E-state index in [1.165, 1.54) is 7.11 Å². The number of hydrogen-bond acceptors (Lipinski definition) is 6. The molecule has 0 unspecified atom stereocenters. The van der Waals surface area contributed by atoms with Crippen LogP contribution in [-0.4, -0.2) is 38.2 Å². The first-order valence-electron chi connectivity index (χ1n) is 3.81. The molecule has 0 aliphatic rings. The molecule has 0 saturated carbocycles. The Hall–Kier alpha value is -1.14. The van der Waals surface area contributed by atoms with Crippen molar-refractivity contribution in [2.45, 2.75) is 12.5 Å². The molecule has 76 valence electrons. The predicted molar refractivity (Wildman–Crippen MR) is 44.6 cm³/mol. The highest BCUT2D eigenvalue weighted by Gasteiger charge is 2.15. The number of nitrogens with two attached hydrogens (primary N) is 2. The van der Waals surface area contributed by atoms with Crippen molar-refractivity contribution in [3.8, 4) is 0 Å². The minimum Gasteiger partial charge on any atom is -0.468 e. The largest absolute Gasteiger partial charge is 0.468 e. The molecule has 0 spiro atoms. The average Bonchev–Trinajstić information content (AvgIpc) is 2.13. The fourth-order valence-corrected chi connectivity index (χ4v) is 0.592. The lowest BCUT2D eigenvalue weighted by Crippen LogP contribution is -2.37. The van der Waals surface area contributed by atoms with Gasteiger partial charge in [0, 0.05) is 6.54 Å². The van der Waals surface area contributed by atoms with Gasteiger partial charge in [-0.1, -0.05) is 0 Å². The van der Waals surface area contributed by atoms with E-state index in [1.54, 1.807) is 0 Å². The topological polar surface area (TPSA) is 105 Å². The summed E-state index contributed by atoms with van der Waals surface area (Å²) in [4.78, 5) is 21.5. The van der Waals surface area contributed by atoms with Crippen molar-refractivity contribution in [3.63, 3.8) is 0 Å². The van der Waals surface area contributed by atoms with Gasteiger partial charge in [0.05, 0.1) is 13.5 Å². The molecule has 6 heteroatoms. The Kier molecular flexibility index (Phi) is 5.82. The van der Waals surface area contributed by atoms with Crippen molar-refractivity contribution >= 4 is 11.9 Å². The maximum atomic E-state index is 10.7. The van der Waals surface area contributed by atoms with Gasteiger partial charge in [0.2, 0.25) is 0 Å². The van der Waals surface area contributed by atoms with Crippen molar-refractivity contribution in [1.82, 2.24) is 0 Å². The van der Waals surface area contributed by atoms with E-state index in [0.29, 0.717) is 0 Å². The summed E-state index contributed by atoms with van der Waals surface area (Å²) in [7, 11) is 1.21. The Labute approximate surface area is 76.2 Å². The summed E-state index contributed by atoms with van der Waals surface area (Å²) in [5.74, 6) is -1.08. The number of carbonyl (C=O) groups excluding carboxylic acids is 2. The van der Waals surface area contributed by atoms with E-state index in [1.807, 2.05) is 0 Å². The molecule has 0 aliphatic carbocycles. The van der Waals surface area contributed by atoms with Crippen LogP contribution in [0, 0.1) is 0 Å². The Morgan fingerprint density at radius 3 is 2.54 bits per heavy atom. The predicted octanol–water partition coefficient (Wildman–Crippen LogP) is -1.62. The van der Waals surface area contributed by atoms with Crippen LogP contribution in [0.2, 0.25) is 0 Å². The first kappa shape index (κ1) is 11.9. The normalized spacial score (nSPS) is 11.9. The van der Waals surface area contributed by atoms with Crippen LogP contribution in [0.1, 0.15) is 6.42 Å². The van der Waals surface area contributed by atoms with Gasteiger partial charge in [-0.25, -0.2) is 0 Å². The minimum atomic E-state index is -0.924. The van der Waals surface area contributed by atoms with Crippen LogP contribution in [0.15, 0.2) is 0 Å². The second-order valence-electron chi connectivity index (χ2n) is 2.35. The van der Waals surface area contributed by atoms with E-state index in [0.717, 1.165) is 0 Å².